The molecular weight excluding hydrogens is 571 g/mol. The Balaban J connectivity index is 1.44. The van der Waals surface area contributed by atoms with Crippen LogP contribution in [0.1, 0.15) is 51.4 Å². The summed E-state index contributed by atoms with van der Waals surface area (Å²) in [5.41, 5.74) is 1.10. The van der Waals surface area contributed by atoms with Gasteiger partial charge in [0.05, 0.1) is 28.7 Å². The van der Waals surface area contributed by atoms with E-state index in [0.29, 0.717) is 35.3 Å². The number of alkyl halides is 3. The van der Waals surface area contributed by atoms with Crippen LogP contribution in [0.25, 0.3) is 0 Å². The molecule has 0 bridgehead atoms. The highest BCUT2D eigenvalue weighted by atomic mass is 19.4. The Hall–Kier alpha value is -5.35. The summed E-state index contributed by atoms with van der Waals surface area (Å²) in [6, 6.07) is 20.2. The van der Waals surface area contributed by atoms with Gasteiger partial charge in [-0.1, -0.05) is 42.5 Å². The largest absolute Gasteiger partial charge is 0.427 e. The molecule has 0 radical (unpaired) electrons. The number of carbonyl (C=O) groups is 3. The molecular formula is C34H28F3N3O4. The number of benzene rings is 2. The topological polar surface area (TPSA) is 99.5 Å². The molecule has 0 saturated heterocycles. The molecule has 10 heteroatoms. The number of hydrogen-bond acceptors (Lipinski definition) is 5. The third kappa shape index (κ3) is 7.93. The fourth-order valence-corrected chi connectivity index (χ4v) is 4.62. The zero-order valence-corrected chi connectivity index (χ0v) is 23.9. The highest BCUT2D eigenvalue weighted by molar-refractivity contribution is 6.04. The summed E-state index contributed by atoms with van der Waals surface area (Å²) in [5, 5.41) is 11.6. The molecule has 44 heavy (non-hydrogen) atoms. The molecule has 0 spiro atoms. The van der Waals surface area contributed by atoms with Gasteiger partial charge in [0, 0.05) is 32.0 Å². The van der Waals surface area contributed by atoms with E-state index < -0.39 is 35.5 Å². The number of nitrogens with one attached hydrogen (secondary N) is 1. The Morgan fingerprint density at radius 3 is 2.32 bits per heavy atom. The fourth-order valence-electron chi connectivity index (χ4n) is 4.62. The van der Waals surface area contributed by atoms with E-state index in [1.54, 1.807) is 56.6 Å². The Labute approximate surface area is 253 Å². The number of amides is 2. The zero-order chi connectivity index (χ0) is 31.9. The van der Waals surface area contributed by atoms with Crippen LogP contribution < -0.4 is 10.1 Å². The molecule has 3 aromatic rings. The van der Waals surface area contributed by atoms with Crippen molar-refractivity contribution in [1.82, 2.24) is 4.90 Å². The predicted molar refractivity (Wildman–Crippen MR) is 156 cm³/mol. The van der Waals surface area contributed by atoms with Gasteiger partial charge in [0.1, 0.15) is 11.4 Å². The van der Waals surface area contributed by atoms with Gasteiger partial charge in [0.25, 0.3) is 5.91 Å². The lowest BCUT2D eigenvalue weighted by molar-refractivity contribution is -0.137. The molecule has 2 atom stereocenters. The molecule has 0 heterocycles. The van der Waals surface area contributed by atoms with Gasteiger partial charge < -0.3 is 15.0 Å². The number of allylic oxidation sites excluding steroid dienone is 3. The van der Waals surface area contributed by atoms with Gasteiger partial charge in [0.2, 0.25) is 5.91 Å². The Bertz CT molecular complexity index is 1620. The minimum absolute atomic E-state index is 0.0934. The average molecular weight is 600 g/mol. The van der Waals surface area contributed by atoms with Crippen molar-refractivity contribution in [2.45, 2.75) is 31.4 Å². The van der Waals surface area contributed by atoms with E-state index in [1.807, 2.05) is 6.07 Å². The highest BCUT2D eigenvalue weighted by Gasteiger charge is 2.32. The van der Waals surface area contributed by atoms with Crippen LogP contribution in [0, 0.1) is 29.4 Å². The van der Waals surface area contributed by atoms with Crippen molar-refractivity contribution < 1.29 is 32.3 Å². The van der Waals surface area contributed by atoms with E-state index in [9.17, 15) is 27.6 Å². The Kier molecular flexibility index (Phi) is 9.87. The number of nitrogens with zero attached hydrogens (tertiary/aromatic N) is 2. The molecule has 0 fully saturated rings. The molecule has 7 nitrogen and oxygen atoms in total. The van der Waals surface area contributed by atoms with Crippen LogP contribution in [-0.2, 0) is 22.2 Å². The van der Waals surface area contributed by atoms with Crippen LogP contribution in [0.15, 0.2) is 78.9 Å². The molecule has 2 amide bonds. The van der Waals surface area contributed by atoms with Crippen molar-refractivity contribution in [2.75, 3.05) is 19.4 Å². The fraction of sp³-hybridized carbons (Fsp3) is 0.235. The molecule has 0 aliphatic heterocycles. The van der Waals surface area contributed by atoms with Crippen molar-refractivity contribution >= 4 is 23.5 Å². The molecule has 2 unspecified atom stereocenters. The van der Waals surface area contributed by atoms with Crippen LogP contribution >= 0.6 is 0 Å². The molecule has 224 valence electrons. The number of hydrogen-bond donors (Lipinski definition) is 1. The number of esters is 1. The molecule has 4 rings (SSSR count). The smallest absolute Gasteiger partial charge is 0.416 e. The van der Waals surface area contributed by atoms with Gasteiger partial charge in [-0.2, -0.15) is 18.4 Å². The predicted octanol–water partition coefficient (Wildman–Crippen LogP) is 6.27. The SMILES string of the molecule is CN(C)C(=O)c1cc(CCCC(=O)Oc2ccc(C#N)cc2)c#cc1NC(=O)C1C=CC=CC1c1ccc(C(F)(F)F)cc1. The first-order valence-electron chi connectivity index (χ1n) is 13.7. The van der Waals surface area contributed by atoms with E-state index in [1.165, 1.54) is 29.2 Å². The van der Waals surface area contributed by atoms with Crippen molar-refractivity contribution in [2.24, 2.45) is 5.92 Å². The maximum absolute atomic E-state index is 13.4. The second-order valence-corrected chi connectivity index (χ2v) is 10.3. The highest BCUT2D eigenvalue weighted by Crippen LogP contribution is 2.34. The van der Waals surface area contributed by atoms with Crippen molar-refractivity contribution in [1.29, 1.82) is 5.26 Å². The van der Waals surface area contributed by atoms with Crippen molar-refractivity contribution in [3.63, 3.8) is 0 Å². The molecule has 1 N–H and O–H groups in total. The first-order chi connectivity index (χ1) is 21.0. The minimum Gasteiger partial charge on any atom is -0.427 e. The lowest BCUT2D eigenvalue weighted by Gasteiger charge is -2.24. The Morgan fingerprint density at radius 1 is 1.00 bits per heavy atom. The monoisotopic (exact) mass is 599 g/mol. The maximum atomic E-state index is 13.4. The van der Waals surface area contributed by atoms with E-state index in [2.05, 4.69) is 17.4 Å². The van der Waals surface area contributed by atoms with Gasteiger partial charge in [-0.05, 0) is 66.9 Å². The van der Waals surface area contributed by atoms with Crippen LogP contribution in [0.3, 0.4) is 0 Å². The number of halogens is 3. The van der Waals surface area contributed by atoms with Gasteiger partial charge in [-0.3, -0.25) is 14.4 Å². The molecule has 0 saturated carbocycles. The number of ether oxygens (including phenoxy) is 1. The second kappa shape index (κ2) is 13.7. The number of anilines is 1. The summed E-state index contributed by atoms with van der Waals surface area (Å²) in [5.74, 6) is -2.26. The summed E-state index contributed by atoms with van der Waals surface area (Å²) in [6.45, 7) is 0. The third-order valence-electron chi connectivity index (χ3n) is 6.92. The Morgan fingerprint density at radius 2 is 1.68 bits per heavy atom. The summed E-state index contributed by atoms with van der Waals surface area (Å²) in [7, 11) is 3.14. The molecule has 1 aliphatic rings. The second-order valence-electron chi connectivity index (χ2n) is 10.3. The maximum Gasteiger partial charge on any atom is 0.416 e. The van der Waals surface area contributed by atoms with E-state index >= 15 is 0 Å². The summed E-state index contributed by atoms with van der Waals surface area (Å²) in [4.78, 5) is 40.1. The summed E-state index contributed by atoms with van der Waals surface area (Å²) < 4.78 is 44.4. The van der Waals surface area contributed by atoms with Crippen LogP contribution in [-0.4, -0.2) is 36.8 Å². The van der Waals surface area contributed by atoms with Crippen LogP contribution in [0.5, 0.6) is 5.75 Å². The number of aryl methyl sites for hydroxylation is 1. The van der Waals surface area contributed by atoms with E-state index in [-0.39, 0.29) is 23.6 Å². The first-order valence-corrected chi connectivity index (χ1v) is 13.7. The molecule has 1 aliphatic carbocycles. The number of nitriles is 1. The third-order valence-corrected chi connectivity index (χ3v) is 6.92. The number of carbonyl (C=O) groups excluding carboxylic acids is 3. The first kappa shape index (κ1) is 31.6. The van der Waals surface area contributed by atoms with E-state index in [0.717, 1.165) is 12.1 Å². The lowest BCUT2D eigenvalue weighted by Crippen LogP contribution is -2.29. The normalized spacial score (nSPS) is 15.5. The average Bonchev–Trinajstić information content (AvgIpc) is 3.01. The zero-order valence-electron chi connectivity index (χ0n) is 23.9. The van der Waals surface area contributed by atoms with Crippen molar-refractivity contribution in [3.05, 3.63) is 119 Å². The van der Waals surface area contributed by atoms with Gasteiger partial charge in [0.15, 0.2) is 0 Å². The quantitative estimate of drug-likeness (QED) is 0.231. The van der Waals surface area contributed by atoms with Gasteiger partial charge in [-0.15, -0.1) is 0 Å². The number of rotatable bonds is 9. The summed E-state index contributed by atoms with van der Waals surface area (Å²) >= 11 is 0. The van der Waals surface area contributed by atoms with Crippen molar-refractivity contribution in [3.8, 4) is 11.8 Å². The minimum atomic E-state index is -4.47. The van der Waals surface area contributed by atoms with Gasteiger partial charge in [-0.25, -0.2) is 0 Å². The standard InChI is InChI=1S/C34H28F3N3O4/c1-40(2)33(43)29-20-22(6-5-9-31(41)44-26-17-10-23(21-38)11-18-26)12-19-30(29)39-32(42)28-8-4-3-7-27(28)24-13-15-25(16-14-24)34(35,36)37/h3-4,7-8,10-11,13-18,20,27-28H,5-6,9H2,1-2H3,(H,39,42). The molecule has 3 aromatic carbocycles. The summed E-state index contributed by atoms with van der Waals surface area (Å²) in [6.07, 6.45) is 3.20. The lowest BCUT2D eigenvalue weighted by atomic mass is 9.82. The van der Waals surface area contributed by atoms with Crippen LogP contribution in [0.4, 0.5) is 18.9 Å². The molecule has 0 aromatic heterocycles. The van der Waals surface area contributed by atoms with E-state index in [4.69, 9.17) is 10.00 Å². The van der Waals surface area contributed by atoms with Crippen LogP contribution in [0.2, 0.25) is 0 Å². The van der Waals surface area contributed by atoms with Gasteiger partial charge >= 0.3 is 12.1 Å².